The minimum atomic E-state index is -0.486. The summed E-state index contributed by atoms with van der Waals surface area (Å²) in [5, 5.41) is 1.21. The molecule has 3 aromatic rings. The summed E-state index contributed by atoms with van der Waals surface area (Å²) in [5.41, 5.74) is 6.21. The lowest BCUT2D eigenvalue weighted by atomic mass is 9.81. The van der Waals surface area contributed by atoms with Crippen molar-refractivity contribution in [1.82, 2.24) is 9.47 Å². The van der Waals surface area contributed by atoms with Gasteiger partial charge in [-0.3, -0.25) is 4.79 Å². The molecule has 6 nitrogen and oxygen atoms in total. The predicted molar refractivity (Wildman–Crippen MR) is 160 cm³/mol. The van der Waals surface area contributed by atoms with Gasteiger partial charge in [-0.05, 0) is 84.9 Å². The molecular formula is C35H42N2O4. The average molecular weight is 555 g/mol. The van der Waals surface area contributed by atoms with Crippen LogP contribution < -0.4 is 4.74 Å². The van der Waals surface area contributed by atoms with E-state index in [1.807, 2.05) is 12.1 Å². The molecule has 4 atom stereocenters. The summed E-state index contributed by atoms with van der Waals surface area (Å²) in [5.74, 6) is 2.46. The SMILES string of the molecule is COC(=O)c1ccc2c(C3CCCCC3)c3n(c2c1)CC1(C(=O)N2C[C@H](C)C[C@H](C)C2)CC1c1cc(OC)ccc1-3. The van der Waals surface area contributed by atoms with Crippen LogP contribution in [0.15, 0.2) is 36.4 Å². The zero-order valence-electron chi connectivity index (χ0n) is 24.9. The van der Waals surface area contributed by atoms with Crippen LogP contribution >= 0.6 is 0 Å². The van der Waals surface area contributed by atoms with Gasteiger partial charge in [0, 0.05) is 42.0 Å². The Morgan fingerprint density at radius 1 is 0.951 bits per heavy atom. The van der Waals surface area contributed by atoms with Crippen LogP contribution in [-0.4, -0.2) is 48.7 Å². The zero-order chi connectivity index (χ0) is 28.5. The Balaban J connectivity index is 1.46. The van der Waals surface area contributed by atoms with Crippen molar-refractivity contribution in [3.63, 3.8) is 0 Å². The molecule has 0 bridgehead atoms. The second-order valence-corrected chi connectivity index (χ2v) is 13.4. The monoisotopic (exact) mass is 554 g/mol. The normalized spacial score (nSPS) is 27.4. The summed E-state index contributed by atoms with van der Waals surface area (Å²) in [4.78, 5) is 29.4. The van der Waals surface area contributed by atoms with Crippen molar-refractivity contribution in [2.75, 3.05) is 27.3 Å². The zero-order valence-corrected chi connectivity index (χ0v) is 24.9. The quantitative estimate of drug-likeness (QED) is 0.322. The van der Waals surface area contributed by atoms with Gasteiger partial charge in [-0.25, -0.2) is 4.79 Å². The maximum atomic E-state index is 14.6. The third-order valence-electron chi connectivity index (χ3n) is 10.5. The van der Waals surface area contributed by atoms with E-state index in [4.69, 9.17) is 9.47 Å². The van der Waals surface area contributed by atoms with E-state index in [0.29, 0.717) is 35.8 Å². The number of nitrogens with zero attached hydrogens (tertiary/aromatic N) is 2. The fraction of sp³-hybridized carbons (Fsp3) is 0.543. The Labute approximate surface area is 243 Å². The number of hydrogen-bond donors (Lipinski definition) is 0. The van der Waals surface area contributed by atoms with E-state index in [1.54, 1.807) is 7.11 Å². The summed E-state index contributed by atoms with van der Waals surface area (Å²) in [7, 11) is 3.16. The molecule has 41 heavy (non-hydrogen) atoms. The minimum absolute atomic E-state index is 0.158. The van der Waals surface area contributed by atoms with Crippen LogP contribution in [0.1, 0.15) is 92.1 Å². The van der Waals surface area contributed by atoms with Crippen molar-refractivity contribution in [3.05, 3.63) is 53.1 Å². The number of esters is 1. The molecule has 3 fully saturated rings. The minimum Gasteiger partial charge on any atom is -0.497 e. The lowest BCUT2D eigenvalue weighted by Gasteiger charge is -2.37. The fourth-order valence-electron chi connectivity index (χ4n) is 8.67. The molecular weight excluding hydrogens is 512 g/mol. The number of aromatic nitrogens is 1. The molecule has 2 aliphatic carbocycles. The summed E-state index contributed by atoms with van der Waals surface area (Å²) in [6.45, 7) is 6.85. The Kier molecular flexibility index (Phi) is 6.44. The van der Waals surface area contributed by atoms with Crippen LogP contribution in [0.3, 0.4) is 0 Å². The van der Waals surface area contributed by atoms with Gasteiger partial charge in [-0.2, -0.15) is 0 Å². The van der Waals surface area contributed by atoms with Crippen molar-refractivity contribution in [1.29, 1.82) is 0 Å². The lowest BCUT2D eigenvalue weighted by Crippen LogP contribution is -2.47. The molecule has 1 amide bonds. The number of piperidine rings is 1. The van der Waals surface area contributed by atoms with Gasteiger partial charge in [0.2, 0.25) is 5.91 Å². The van der Waals surface area contributed by atoms with Crippen molar-refractivity contribution in [2.45, 2.75) is 77.2 Å². The maximum absolute atomic E-state index is 14.6. The number of methoxy groups -OCH3 is 2. The van der Waals surface area contributed by atoms with Crippen molar-refractivity contribution in [3.8, 4) is 17.0 Å². The second-order valence-electron chi connectivity index (χ2n) is 13.4. The second kappa shape index (κ2) is 9.92. The van der Waals surface area contributed by atoms with E-state index < -0.39 is 5.41 Å². The number of benzene rings is 2. The smallest absolute Gasteiger partial charge is 0.337 e. The van der Waals surface area contributed by atoms with Crippen LogP contribution in [0.5, 0.6) is 5.75 Å². The van der Waals surface area contributed by atoms with Gasteiger partial charge in [0.1, 0.15) is 5.75 Å². The highest BCUT2D eigenvalue weighted by Crippen LogP contribution is 2.66. The number of carbonyl (C=O) groups excluding carboxylic acids is 2. The predicted octanol–water partition coefficient (Wildman–Crippen LogP) is 7.14. The van der Waals surface area contributed by atoms with Crippen LogP contribution in [-0.2, 0) is 16.1 Å². The highest BCUT2D eigenvalue weighted by Gasteiger charge is 2.64. The third kappa shape index (κ3) is 4.20. The largest absolute Gasteiger partial charge is 0.497 e. The Morgan fingerprint density at radius 3 is 2.41 bits per heavy atom. The molecule has 6 heteroatoms. The average Bonchev–Trinajstić information content (AvgIpc) is 3.66. The van der Waals surface area contributed by atoms with Crippen LogP contribution in [0.4, 0.5) is 0 Å². The molecule has 2 aliphatic heterocycles. The van der Waals surface area contributed by atoms with Gasteiger partial charge in [-0.1, -0.05) is 39.2 Å². The van der Waals surface area contributed by atoms with Crippen LogP contribution in [0, 0.1) is 17.3 Å². The van der Waals surface area contributed by atoms with Crippen molar-refractivity contribution >= 4 is 22.8 Å². The summed E-state index contributed by atoms with van der Waals surface area (Å²) < 4.78 is 13.3. The molecule has 0 N–H and O–H groups in total. The summed E-state index contributed by atoms with van der Waals surface area (Å²) in [6, 6.07) is 12.5. The highest BCUT2D eigenvalue weighted by atomic mass is 16.5. The van der Waals surface area contributed by atoms with Gasteiger partial charge in [0.15, 0.2) is 0 Å². The standard InChI is InChI=1S/C35H42N2O4/c1-21-14-22(2)19-36(18-21)34(39)35-17-29(35)28-16-25(40-3)11-13-26(28)32-31(23-8-6-5-7-9-23)27-12-10-24(33(38)41-4)15-30(27)37(32)20-35/h10-13,15-16,21-23,29H,5-9,14,17-20H2,1-4H3/t21-,22+,29?,35?. The van der Waals surface area contributed by atoms with Gasteiger partial charge < -0.3 is 18.9 Å². The first-order chi connectivity index (χ1) is 19.8. The van der Waals surface area contributed by atoms with E-state index in [1.165, 1.54) is 73.4 Å². The first kappa shape index (κ1) is 26.6. The van der Waals surface area contributed by atoms with Gasteiger partial charge >= 0.3 is 5.97 Å². The van der Waals surface area contributed by atoms with E-state index in [-0.39, 0.29) is 11.9 Å². The van der Waals surface area contributed by atoms with Crippen LogP contribution in [0.2, 0.25) is 0 Å². The van der Waals surface area contributed by atoms with Gasteiger partial charge in [0.05, 0.1) is 30.9 Å². The number of carbonyl (C=O) groups is 2. The van der Waals surface area contributed by atoms with E-state index in [0.717, 1.165) is 30.8 Å². The van der Waals surface area contributed by atoms with Crippen LogP contribution in [0.25, 0.3) is 22.2 Å². The van der Waals surface area contributed by atoms with Gasteiger partial charge in [-0.15, -0.1) is 0 Å². The fourth-order valence-corrected chi connectivity index (χ4v) is 8.67. The number of amides is 1. The van der Waals surface area contributed by atoms with Crippen molar-refractivity contribution < 1.29 is 19.1 Å². The molecule has 1 saturated heterocycles. The first-order valence-electron chi connectivity index (χ1n) is 15.6. The van der Waals surface area contributed by atoms with E-state index in [9.17, 15) is 9.59 Å². The topological polar surface area (TPSA) is 60.8 Å². The molecule has 2 aromatic carbocycles. The molecule has 4 aliphatic rings. The molecule has 2 saturated carbocycles. The van der Waals surface area contributed by atoms with E-state index in [2.05, 4.69) is 47.6 Å². The molecule has 0 radical (unpaired) electrons. The highest BCUT2D eigenvalue weighted by molar-refractivity contribution is 6.00. The molecule has 216 valence electrons. The molecule has 2 unspecified atom stereocenters. The number of ether oxygens (including phenoxy) is 2. The van der Waals surface area contributed by atoms with Crippen molar-refractivity contribution in [2.24, 2.45) is 17.3 Å². The summed E-state index contributed by atoms with van der Waals surface area (Å²) >= 11 is 0. The lowest BCUT2D eigenvalue weighted by molar-refractivity contribution is -0.140. The Hall–Kier alpha value is -3.28. The number of hydrogen-bond acceptors (Lipinski definition) is 4. The Bertz CT molecular complexity index is 1520. The van der Waals surface area contributed by atoms with E-state index >= 15 is 0 Å². The maximum Gasteiger partial charge on any atom is 0.337 e. The molecule has 1 aromatic heterocycles. The third-order valence-corrected chi connectivity index (χ3v) is 10.5. The number of likely N-dealkylation sites (tertiary alicyclic amines) is 1. The first-order valence-corrected chi connectivity index (χ1v) is 15.6. The summed E-state index contributed by atoms with van der Waals surface area (Å²) in [6.07, 6.45) is 8.14. The number of rotatable bonds is 4. The number of fused-ring (bicyclic) bond motifs is 7. The van der Waals surface area contributed by atoms with Gasteiger partial charge in [0.25, 0.3) is 0 Å². The Morgan fingerprint density at radius 2 is 1.71 bits per heavy atom. The molecule has 7 rings (SSSR count). The molecule has 0 spiro atoms. The molecule has 3 heterocycles.